The van der Waals surface area contributed by atoms with Gasteiger partial charge in [0.1, 0.15) is 11.5 Å². The molecule has 0 fully saturated rings. The predicted molar refractivity (Wildman–Crippen MR) is 80.6 cm³/mol. The average molecular weight is 270 g/mol. The van der Waals surface area contributed by atoms with Gasteiger partial charge in [-0.25, -0.2) is 10.8 Å². The highest BCUT2D eigenvalue weighted by Gasteiger charge is 2.17. The smallest absolute Gasteiger partial charge is 0.276 e. The van der Waals surface area contributed by atoms with Crippen molar-refractivity contribution in [3.63, 3.8) is 0 Å². The number of benzene rings is 1. The molecule has 0 bridgehead atoms. The van der Waals surface area contributed by atoms with Gasteiger partial charge in [-0.15, -0.1) is 0 Å². The second-order valence-electron chi connectivity index (χ2n) is 4.44. The van der Waals surface area contributed by atoms with Crippen molar-refractivity contribution in [1.82, 2.24) is 4.98 Å². The molecule has 0 spiro atoms. The first-order chi connectivity index (χ1) is 9.65. The first-order valence-corrected chi connectivity index (χ1v) is 6.48. The zero-order valence-corrected chi connectivity index (χ0v) is 11.6. The van der Waals surface area contributed by atoms with Gasteiger partial charge in [0.25, 0.3) is 5.91 Å². The van der Waals surface area contributed by atoms with Crippen LogP contribution in [0.1, 0.15) is 23.0 Å². The van der Waals surface area contributed by atoms with Gasteiger partial charge in [0, 0.05) is 12.2 Å². The Morgan fingerprint density at radius 3 is 2.70 bits per heavy atom. The molecule has 20 heavy (non-hydrogen) atoms. The number of nitrogen functional groups attached to an aromatic ring is 1. The van der Waals surface area contributed by atoms with Gasteiger partial charge in [-0.3, -0.25) is 4.79 Å². The molecule has 1 heterocycles. The quantitative estimate of drug-likeness (QED) is 0.661. The van der Waals surface area contributed by atoms with Gasteiger partial charge in [-0.1, -0.05) is 18.2 Å². The third kappa shape index (κ3) is 2.95. The number of aryl methyl sites for hydroxylation is 1. The highest BCUT2D eigenvalue weighted by Crippen LogP contribution is 2.18. The van der Waals surface area contributed by atoms with Crippen molar-refractivity contribution >= 4 is 17.4 Å². The summed E-state index contributed by atoms with van der Waals surface area (Å²) in [6.07, 6.45) is 0. The molecule has 1 aromatic carbocycles. The van der Waals surface area contributed by atoms with Gasteiger partial charge < -0.3 is 10.3 Å². The van der Waals surface area contributed by atoms with E-state index in [1.165, 1.54) is 0 Å². The third-order valence-corrected chi connectivity index (χ3v) is 2.99. The number of hydrazine groups is 1. The molecule has 0 radical (unpaired) electrons. The molecule has 1 amide bonds. The lowest BCUT2D eigenvalue weighted by Gasteiger charge is -2.21. The number of hydrogen-bond acceptors (Lipinski definition) is 4. The van der Waals surface area contributed by atoms with Crippen LogP contribution in [-0.2, 0) is 0 Å². The summed E-state index contributed by atoms with van der Waals surface area (Å²) in [6, 6.07) is 13.0. The lowest BCUT2D eigenvalue weighted by Crippen LogP contribution is -2.31. The Balaban J connectivity index is 2.33. The van der Waals surface area contributed by atoms with Crippen LogP contribution in [0.4, 0.5) is 11.5 Å². The molecule has 0 aliphatic heterocycles. The van der Waals surface area contributed by atoms with Gasteiger partial charge in [0.2, 0.25) is 0 Å². The molecule has 0 saturated heterocycles. The largest absolute Gasteiger partial charge is 0.308 e. The summed E-state index contributed by atoms with van der Waals surface area (Å²) in [6.45, 7) is 4.51. The second-order valence-corrected chi connectivity index (χ2v) is 4.44. The molecule has 2 aromatic rings. The van der Waals surface area contributed by atoms with E-state index in [0.29, 0.717) is 18.1 Å². The van der Waals surface area contributed by atoms with E-state index < -0.39 is 0 Å². The number of amides is 1. The van der Waals surface area contributed by atoms with Crippen molar-refractivity contribution in [2.45, 2.75) is 13.8 Å². The van der Waals surface area contributed by atoms with Gasteiger partial charge >= 0.3 is 0 Å². The van der Waals surface area contributed by atoms with Crippen LogP contribution in [0.5, 0.6) is 0 Å². The van der Waals surface area contributed by atoms with Crippen molar-refractivity contribution < 1.29 is 4.79 Å². The Kier molecular flexibility index (Phi) is 4.32. The molecule has 0 atom stereocenters. The molecule has 3 N–H and O–H groups in total. The first-order valence-electron chi connectivity index (χ1n) is 6.48. The van der Waals surface area contributed by atoms with Crippen molar-refractivity contribution in [2.24, 2.45) is 5.84 Å². The maximum absolute atomic E-state index is 12.6. The molecular weight excluding hydrogens is 252 g/mol. The number of carbonyl (C=O) groups excluding carboxylic acids is 1. The molecule has 0 aliphatic carbocycles. The normalized spacial score (nSPS) is 10.2. The third-order valence-electron chi connectivity index (χ3n) is 2.99. The summed E-state index contributed by atoms with van der Waals surface area (Å²) in [5, 5.41) is 0. The van der Waals surface area contributed by atoms with Crippen molar-refractivity contribution in [2.75, 3.05) is 16.9 Å². The number of nitrogens with two attached hydrogens (primary N) is 1. The summed E-state index contributed by atoms with van der Waals surface area (Å²) in [4.78, 5) is 18.4. The maximum atomic E-state index is 12.6. The van der Waals surface area contributed by atoms with Crippen molar-refractivity contribution in [3.8, 4) is 0 Å². The first kappa shape index (κ1) is 14.0. The van der Waals surface area contributed by atoms with Crippen molar-refractivity contribution in [3.05, 3.63) is 53.7 Å². The van der Waals surface area contributed by atoms with Gasteiger partial charge in [0.15, 0.2) is 0 Å². The number of pyridine rings is 1. The van der Waals surface area contributed by atoms with E-state index in [1.807, 2.05) is 38.1 Å². The number of nitrogens with zero attached hydrogens (tertiary/aromatic N) is 2. The molecular formula is C15H18N4O. The zero-order chi connectivity index (χ0) is 14.5. The summed E-state index contributed by atoms with van der Waals surface area (Å²) in [7, 11) is 0. The SMILES string of the molecule is CCN(C(=O)c1cccc(NN)n1)c1cccc(C)c1. The van der Waals surface area contributed by atoms with Crippen LogP contribution in [0, 0.1) is 6.92 Å². The number of anilines is 2. The van der Waals surface area contributed by atoms with Crippen LogP contribution in [0.2, 0.25) is 0 Å². The van der Waals surface area contributed by atoms with E-state index in [9.17, 15) is 4.79 Å². The zero-order valence-electron chi connectivity index (χ0n) is 11.6. The number of aromatic nitrogens is 1. The summed E-state index contributed by atoms with van der Waals surface area (Å²) in [5.41, 5.74) is 4.79. The molecule has 1 aromatic heterocycles. The number of carbonyl (C=O) groups is 1. The maximum Gasteiger partial charge on any atom is 0.276 e. The Labute approximate surface area is 118 Å². The molecule has 2 rings (SSSR count). The molecule has 0 unspecified atom stereocenters. The van der Waals surface area contributed by atoms with Crippen LogP contribution < -0.4 is 16.2 Å². The minimum atomic E-state index is -0.143. The average Bonchev–Trinajstić information content (AvgIpc) is 2.48. The summed E-state index contributed by atoms with van der Waals surface area (Å²) < 4.78 is 0. The van der Waals surface area contributed by atoms with E-state index in [4.69, 9.17) is 5.84 Å². The topological polar surface area (TPSA) is 71.2 Å². The van der Waals surface area contributed by atoms with Crippen LogP contribution in [0.25, 0.3) is 0 Å². The molecule has 0 aliphatic rings. The van der Waals surface area contributed by atoms with Crippen molar-refractivity contribution in [1.29, 1.82) is 0 Å². The van der Waals surface area contributed by atoms with Gasteiger partial charge in [-0.05, 0) is 43.7 Å². The molecule has 0 saturated carbocycles. The highest BCUT2D eigenvalue weighted by molar-refractivity contribution is 6.05. The molecule has 5 heteroatoms. The van der Waals surface area contributed by atoms with Gasteiger partial charge in [0.05, 0.1) is 0 Å². The van der Waals surface area contributed by atoms with E-state index in [-0.39, 0.29) is 5.91 Å². The minimum absolute atomic E-state index is 0.143. The van der Waals surface area contributed by atoms with E-state index in [2.05, 4.69) is 10.4 Å². The fourth-order valence-corrected chi connectivity index (χ4v) is 2.01. The van der Waals surface area contributed by atoms with E-state index >= 15 is 0 Å². The molecule has 5 nitrogen and oxygen atoms in total. The second kappa shape index (κ2) is 6.16. The molecule has 104 valence electrons. The lowest BCUT2D eigenvalue weighted by atomic mass is 10.2. The van der Waals surface area contributed by atoms with Crippen LogP contribution in [0.15, 0.2) is 42.5 Å². The summed E-state index contributed by atoms with van der Waals surface area (Å²) in [5.74, 6) is 5.65. The fourth-order valence-electron chi connectivity index (χ4n) is 2.01. The van der Waals surface area contributed by atoms with E-state index in [1.54, 1.807) is 23.1 Å². The lowest BCUT2D eigenvalue weighted by molar-refractivity contribution is 0.0983. The number of nitrogens with one attached hydrogen (secondary N) is 1. The standard InChI is InChI=1S/C15H18N4O/c1-3-19(12-7-4-6-11(2)10-12)15(20)13-8-5-9-14(17-13)18-16/h4-10H,3,16H2,1-2H3,(H,17,18). The minimum Gasteiger partial charge on any atom is -0.308 e. The number of rotatable bonds is 4. The van der Waals surface area contributed by atoms with Gasteiger partial charge in [-0.2, -0.15) is 0 Å². The van der Waals surface area contributed by atoms with Crippen LogP contribution >= 0.6 is 0 Å². The Morgan fingerprint density at radius 1 is 1.30 bits per heavy atom. The van der Waals surface area contributed by atoms with Crippen LogP contribution in [0.3, 0.4) is 0 Å². The Bertz CT molecular complexity index is 612. The van der Waals surface area contributed by atoms with E-state index in [0.717, 1.165) is 11.3 Å². The Morgan fingerprint density at radius 2 is 2.05 bits per heavy atom. The fraction of sp³-hybridized carbons (Fsp3) is 0.200. The van der Waals surface area contributed by atoms with Crippen LogP contribution in [-0.4, -0.2) is 17.4 Å². The predicted octanol–water partition coefficient (Wildman–Crippen LogP) is 2.34. The highest BCUT2D eigenvalue weighted by atomic mass is 16.2. The number of hydrogen-bond donors (Lipinski definition) is 2. The summed E-state index contributed by atoms with van der Waals surface area (Å²) >= 11 is 0. The Hall–Kier alpha value is -2.40. The monoisotopic (exact) mass is 270 g/mol.